The van der Waals surface area contributed by atoms with Crippen LogP contribution in [0, 0.1) is 5.41 Å². The van der Waals surface area contributed by atoms with E-state index >= 15 is 0 Å². The molecule has 3 heteroatoms. The predicted octanol–water partition coefficient (Wildman–Crippen LogP) is 2.81. The molecule has 1 aromatic carbocycles. The molecule has 0 aliphatic heterocycles. The maximum Gasteiger partial charge on any atom is 0.151 e. The van der Waals surface area contributed by atoms with Crippen LogP contribution in [0.4, 0.5) is 0 Å². The van der Waals surface area contributed by atoms with E-state index < -0.39 is 0 Å². The van der Waals surface area contributed by atoms with Gasteiger partial charge in [0, 0.05) is 5.75 Å². The minimum Gasteiger partial charge on any atom is -0.379 e. The molecule has 0 radical (unpaired) electrons. The molecule has 0 unspecified atom stereocenters. The molecule has 1 atom stereocenters. The molecule has 1 aromatic rings. The van der Waals surface area contributed by atoms with Crippen molar-refractivity contribution in [2.75, 3.05) is 5.75 Å². The lowest BCUT2D eigenvalue weighted by atomic mass is 9.99. The zero-order valence-corrected chi connectivity index (χ0v) is 9.18. The summed E-state index contributed by atoms with van der Waals surface area (Å²) in [5.74, 6) is 1.47. The number of nitrogens with one attached hydrogen (secondary N) is 1. The van der Waals surface area contributed by atoms with Crippen molar-refractivity contribution in [1.82, 2.24) is 0 Å². The second kappa shape index (κ2) is 5.70. The van der Waals surface area contributed by atoms with Crippen LogP contribution < -0.4 is 5.73 Å². The lowest BCUT2D eigenvalue weighted by Gasteiger charge is -2.10. The van der Waals surface area contributed by atoms with Gasteiger partial charge in [0.15, 0.2) is 5.17 Å². The molecule has 0 aromatic heterocycles. The van der Waals surface area contributed by atoms with Gasteiger partial charge in [-0.1, -0.05) is 49.0 Å². The summed E-state index contributed by atoms with van der Waals surface area (Å²) in [4.78, 5) is 0. The third-order valence-electron chi connectivity index (χ3n) is 2.18. The van der Waals surface area contributed by atoms with E-state index in [1.165, 1.54) is 17.3 Å². The van der Waals surface area contributed by atoms with Gasteiger partial charge in [0.25, 0.3) is 0 Å². The van der Waals surface area contributed by atoms with E-state index in [9.17, 15) is 0 Å². The number of thioether (sulfide) groups is 1. The van der Waals surface area contributed by atoms with Gasteiger partial charge in [-0.25, -0.2) is 0 Å². The van der Waals surface area contributed by atoms with E-state index in [0.717, 1.165) is 12.2 Å². The Labute approximate surface area is 89.4 Å². The topological polar surface area (TPSA) is 49.9 Å². The van der Waals surface area contributed by atoms with Gasteiger partial charge in [-0.3, -0.25) is 5.41 Å². The van der Waals surface area contributed by atoms with Crippen LogP contribution in [0.15, 0.2) is 30.3 Å². The van der Waals surface area contributed by atoms with E-state index in [0.29, 0.717) is 5.92 Å². The molecule has 14 heavy (non-hydrogen) atoms. The molecule has 0 saturated heterocycles. The number of amidine groups is 1. The minimum atomic E-state index is 0.213. The summed E-state index contributed by atoms with van der Waals surface area (Å²) in [6.07, 6.45) is 1.06. The van der Waals surface area contributed by atoms with Crippen molar-refractivity contribution in [2.45, 2.75) is 19.3 Å². The SMILES string of the molecule is C[C@H](CCSC(=N)N)c1ccccc1. The molecule has 0 aliphatic carbocycles. The highest BCUT2D eigenvalue weighted by atomic mass is 32.2. The molecular weight excluding hydrogens is 192 g/mol. The third kappa shape index (κ3) is 3.83. The summed E-state index contributed by atoms with van der Waals surface area (Å²) >= 11 is 1.42. The molecule has 0 fully saturated rings. The summed E-state index contributed by atoms with van der Waals surface area (Å²) in [6, 6.07) is 10.4. The van der Waals surface area contributed by atoms with Crippen LogP contribution in [-0.4, -0.2) is 10.9 Å². The molecule has 3 N–H and O–H groups in total. The fourth-order valence-corrected chi connectivity index (χ4v) is 1.99. The average molecular weight is 208 g/mol. The third-order valence-corrected chi connectivity index (χ3v) is 2.93. The van der Waals surface area contributed by atoms with Gasteiger partial charge in [0.2, 0.25) is 0 Å². The fourth-order valence-electron chi connectivity index (χ4n) is 1.29. The van der Waals surface area contributed by atoms with Crippen LogP contribution >= 0.6 is 11.8 Å². The molecular formula is C11H16N2S. The molecule has 0 aliphatic rings. The van der Waals surface area contributed by atoms with E-state index in [2.05, 4.69) is 31.2 Å². The Kier molecular flexibility index (Phi) is 4.53. The van der Waals surface area contributed by atoms with E-state index in [-0.39, 0.29) is 5.17 Å². The van der Waals surface area contributed by atoms with Gasteiger partial charge in [0.05, 0.1) is 0 Å². The van der Waals surface area contributed by atoms with E-state index in [1.54, 1.807) is 0 Å². The molecule has 0 spiro atoms. The normalized spacial score (nSPS) is 12.4. The number of rotatable bonds is 4. The van der Waals surface area contributed by atoms with Gasteiger partial charge in [-0.2, -0.15) is 0 Å². The maximum absolute atomic E-state index is 7.08. The molecule has 0 heterocycles. The predicted molar refractivity (Wildman–Crippen MR) is 63.8 cm³/mol. The molecule has 76 valence electrons. The Hall–Kier alpha value is -0.960. The molecule has 0 amide bonds. The Morgan fingerprint density at radius 2 is 2.07 bits per heavy atom. The monoisotopic (exact) mass is 208 g/mol. The van der Waals surface area contributed by atoms with Crippen molar-refractivity contribution in [3.8, 4) is 0 Å². The van der Waals surface area contributed by atoms with E-state index in [4.69, 9.17) is 11.1 Å². The lowest BCUT2D eigenvalue weighted by molar-refractivity contribution is 0.742. The van der Waals surface area contributed by atoms with Crippen molar-refractivity contribution in [1.29, 1.82) is 5.41 Å². The highest BCUT2D eigenvalue weighted by molar-refractivity contribution is 8.13. The van der Waals surface area contributed by atoms with Gasteiger partial charge in [0.1, 0.15) is 0 Å². The fraction of sp³-hybridized carbons (Fsp3) is 0.364. The van der Waals surface area contributed by atoms with Crippen LogP contribution in [0.1, 0.15) is 24.8 Å². The van der Waals surface area contributed by atoms with Crippen molar-refractivity contribution in [3.05, 3.63) is 35.9 Å². The van der Waals surface area contributed by atoms with Gasteiger partial charge in [-0.15, -0.1) is 0 Å². The Morgan fingerprint density at radius 3 is 2.64 bits per heavy atom. The molecule has 1 rings (SSSR count). The van der Waals surface area contributed by atoms with Crippen molar-refractivity contribution >= 4 is 16.9 Å². The maximum atomic E-state index is 7.08. The van der Waals surface area contributed by atoms with Crippen LogP contribution in [0.5, 0.6) is 0 Å². The Bertz CT molecular complexity index is 285. The molecule has 0 saturated carbocycles. The smallest absolute Gasteiger partial charge is 0.151 e. The highest BCUT2D eigenvalue weighted by Gasteiger charge is 2.04. The largest absolute Gasteiger partial charge is 0.379 e. The highest BCUT2D eigenvalue weighted by Crippen LogP contribution is 2.20. The van der Waals surface area contributed by atoms with Crippen molar-refractivity contribution in [3.63, 3.8) is 0 Å². The van der Waals surface area contributed by atoms with E-state index in [1.807, 2.05) is 6.07 Å². The second-order valence-electron chi connectivity index (χ2n) is 3.31. The zero-order valence-electron chi connectivity index (χ0n) is 8.36. The van der Waals surface area contributed by atoms with Crippen LogP contribution in [-0.2, 0) is 0 Å². The van der Waals surface area contributed by atoms with Crippen LogP contribution in [0.3, 0.4) is 0 Å². The summed E-state index contributed by atoms with van der Waals surface area (Å²) in [7, 11) is 0. The minimum absolute atomic E-state index is 0.213. The number of hydrogen-bond acceptors (Lipinski definition) is 2. The van der Waals surface area contributed by atoms with Crippen LogP contribution in [0.2, 0.25) is 0 Å². The number of nitrogens with two attached hydrogens (primary N) is 1. The number of benzene rings is 1. The van der Waals surface area contributed by atoms with Crippen LogP contribution in [0.25, 0.3) is 0 Å². The number of hydrogen-bond donors (Lipinski definition) is 2. The second-order valence-corrected chi connectivity index (χ2v) is 4.45. The standard InChI is InChI=1S/C11H16N2S/c1-9(7-8-14-11(12)13)10-5-3-2-4-6-10/h2-6,9H,7-8H2,1H3,(H3,12,13)/t9-/m1/s1. The quantitative estimate of drug-likeness (QED) is 0.590. The van der Waals surface area contributed by atoms with Gasteiger partial charge < -0.3 is 5.73 Å². The first-order valence-electron chi connectivity index (χ1n) is 4.72. The summed E-state index contributed by atoms with van der Waals surface area (Å²) < 4.78 is 0. The first kappa shape index (κ1) is 11.1. The molecule has 0 bridgehead atoms. The lowest BCUT2D eigenvalue weighted by Crippen LogP contribution is -2.05. The Balaban J connectivity index is 2.36. The summed E-state index contributed by atoms with van der Waals surface area (Å²) in [6.45, 7) is 2.20. The van der Waals surface area contributed by atoms with Gasteiger partial charge >= 0.3 is 0 Å². The molecule has 2 nitrogen and oxygen atoms in total. The average Bonchev–Trinajstić information content (AvgIpc) is 2.18. The van der Waals surface area contributed by atoms with Crippen molar-refractivity contribution in [2.24, 2.45) is 5.73 Å². The first-order chi connectivity index (χ1) is 6.70. The van der Waals surface area contributed by atoms with Gasteiger partial charge in [-0.05, 0) is 17.9 Å². The van der Waals surface area contributed by atoms with Crippen molar-refractivity contribution < 1.29 is 0 Å². The summed E-state index contributed by atoms with van der Waals surface area (Å²) in [5.41, 5.74) is 6.62. The first-order valence-corrected chi connectivity index (χ1v) is 5.70. The zero-order chi connectivity index (χ0) is 10.4. The summed E-state index contributed by atoms with van der Waals surface area (Å²) in [5, 5.41) is 7.30. The Morgan fingerprint density at radius 1 is 1.43 bits per heavy atom.